The Balaban J connectivity index is 1.50. The molecule has 4 aliphatic rings. The van der Waals surface area contributed by atoms with Gasteiger partial charge in [0.2, 0.25) is 5.91 Å². The van der Waals surface area contributed by atoms with Crippen LogP contribution in [0.15, 0.2) is 23.8 Å². The highest BCUT2D eigenvalue weighted by Gasteiger charge is 2.42. The number of esters is 1. The van der Waals surface area contributed by atoms with Crippen molar-refractivity contribution in [3.8, 4) is 0 Å². The van der Waals surface area contributed by atoms with Gasteiger partial charge in [-0.3, -0.25) is 9.59 Å². The summed E-state index contributed by atoms with van der Waals surface area (Å²) in [6.45, 7) is 12.7. The van der Waals surface area contributed by atoms with E-state index in [1.165, 1.54) is 5.57 Å². The van der Waals surface area contributed by atoms with Gasteiger partial charge in [0, 0.05) is 32.1 Å². The summed E-state index contributed by atoms with van der Waals surface area (Å²) >= 11 is 0. The standard InChI is InChI=1S/C38H63NO7/c1-6-8-19-39-34(40)25-31(45-36-14-10-12-21-43-36)24-30(44-35-13-9-11-20-42-35)17-18-32-28(5)15-16-29-22-26(3)23-33(37(29)32)46-38(41)27(4)7-2/h15-16,22,26-28,30-33,35-37H,6-14,17-21,23-25H2,1-5H3,(H,39,40)/t26-,27-,28-,30+,31+,32-,33-,35?,36?,37-/m0/s1. The Hall–Kier alpha value is -1.74. The van der Waals surface area contributed by atoms with E-state index in [4.69, 9.17) is 23.7 Å². The summed E-state index contributed by atoms with van der Waals surface area (Å²) < 4.78 is 31.5. The number of unbranched alkanes of at least 4 members (excludes halogenated alkanes) is 1. The topological polar surface area (TPSA) is 92.3 Å². The number of allylic oxidation sites excluding steroid dienone is 3. The molecule has 8 nitrogen and oxygen atoms in total. The van der Waals surface area contributed by atoms with Crippen LogP contribution in [0.1, 0.15) is 125 Å². The zero-order valence-corrected chi connectivity index (χ0v) is 29.4. The van der Waals surface area contributed by atoms with E-state index >= 15 is 0 Å². The van der Waals surface area contributed by atoms with Gasteiger partial charge in [-0.15, -0.1) is 0 Å². The molecule has 46 heavy (non-hydrogen) atoms. The molecule has 2 saturated heterocycles. The summed E-state index contributed by atoms with van der Waals surface area (Å²) in [6, 6.07) is 0. The highest BCUT2D eigenvalue weighted by molar-refractivity contribution is 5.76. The molecule has 4 rings (SSSR count). The van der Waals surface area contributed by atoms with Crippen LogP contribution in [-0.2, 0) is 33.3 Å². The van der Waals surface area contributed by atoms with Gasteiger partial charge < -0.3 is 29.0 Å². The lowest BCUT2D eigenvalue weighted by atomic mass is 9.65. The van der Waals surface area contributed by atoms with Crippen LogP contribution in [0.5, 0.6) is 0 Å². The first kappa shape index (κ1) is 37.1. The highest BCUT2D eigenvalue weighted by Crippen LogP contribution is 2.45. The minimum atomic E-state index is -0.308. The van der Waals surface area contributed by atoms with Crippen LogP contribution in [0.25, 0.3) is 0 Å². The van der Waals surface area contributed by atoms with Crippen LogP contribution in [0.4, 0.5) is 0 Å². The zero-order valence-electron chi connectivity index (χ0n) is 29.4. The van der Waals surface area contributed by atoms with Gasteiger partial charge in [-0.05, 0) is 94.0 Å². The van der Waals surface area contributed by atoms with Crippen LogP contribution in [-0.4, -0.2) is 62.5 Å². The van der Waals surface area contributed by atoms with Gasteiger partial charge in [0.1, 0.15) is 6.10 Å². The third kappa shape index (κ3) is 11.5. The van der Waals surface area contributed by atoms with Gasteiger partial charge >= 0.3 is 5.97 Å². The van der Waals surface area contributed by atoms with E-state index in [2.05, 4.69) is 44.3 Å². The number of hydrogen-bond donors (Lipinski definition) is 1. The van der Waals surface area contributed by atoms with E-state index in [0.29, 0.717) is 43.7 Å². The van der Waals surface area contributed by atoms with E-state index in [9.17, 15) is 9.59 Å². The lowest BCUT2D eigenvalue weighted by molar-refractivity contribution is -0.217. The molecule has 2 unspecified atom stereocenters. The van der Waals surface area contributed by atoms with Crippen molar-refractivity contribution in [3.05, 3.63) is 23.8 Å². The molecule has 0 aromatic carbocycles. The second-order valence-electron chi connectivity index (χ2n) is 14.4. The Morgan fingerprint density at radius 3 is 2.33 bits per heavy atom. The van der Waals surface area contributed by atoms with Gasteiger partial charge in [-0.2, -0.15) is 0 Å². The predicted octanol–water partition coefficient (Wildman–Crippen LogP) is 7.65. The second-order valence-corrected chi connectivity index (χ2v) is 14.4. The van der Waals surface area contributed by atoms with Gasteiger partial charge in [0.25, 0.3) is 0 Å². The number of rotatable bonds is 17. The fraction of sp³-hybridized carbons (Fsp3) is 0.842. The molecule has 0 spiro atoms. The SMILES string of the molecule is CCCCNC(=O)C[C@@H](C[C@@H](CC[C@@H]1[C@@H]2C(=C[C@H](C)C[C@@H]2OC(=O)[C@@H](C)CC)C=C[C@@H]1C)OC1CCCCO1)OC1CCCCO1. The molecule has 2 aliphatic heterocycles. The molecule has 2 heterocycles. The second kappa shape index (κ2) is 19.3. The third-order valence-corrected chi connectivity index (χ3v) is 10.5. The maximum absolute atomic E-state index is 13.0. The summed E-state index contributed by atoms with van der Waals surface area (Å²) in [5.41, 5.74) is 1.30. The Labute approximate surface area is 278 Å². The first-order chi connectivity index (χ1) is 22.3. The zero-order chi connectivity index (χ0) is 32.9. The Kier molecular flexibility index (Phi) is 15.6. The van der Waals surface area contributed by atoms with Crippen LogP contribution in [0.3, 0.4) is 0 Å². The molecule has 0 aromatic rings. The summed E-state index contributed by atoms with van der Waals surface area (Å²) in [7, 11) is 0. The molecule has 2 fully saturated rings. The van der Waals surface area contributed by atoms with Crippen molar-refractivity contribution in [2.24, 2.45) is 29.6 Å². The third-order valence-electron chi connectivity index (χ3n) is 10.5. The number of hydrogen-bond acceptors (Lipinski definition) is 7. The lowest BCUT2D eigenvalue weighted by Crippen LogP contribution is -2.42. The van der Waals surface area contributed by atoms with Crippen LogP contribution in [0, 0.1) is 29.6 Å². The Bertz CT molecular complexity index is 986. The van der Waals surface area contributed by atoms with E-state index in [-0.39, 0.29) is 54.6 Å². The summed E-state index contributed by atoms with van der Waals surface area (Å²) in [6.07, 6.45) is 18.2. The molecule has 2 aliphatic carbocycles. The molecule has 0 radical (unpaired) electrons. The fourth-order valence-electron chi connectivity index (χ4n) is 7.50. The van der Waals surface area contributed by atoms with Crippen molar-refractivity contribution in [2.45, 2.75) is 155 Å². The van der Waals surface area contributed by atoms with Crippen molar-refractivity contribution < 1.29 is 33.3 Å². The quantitative estimate of drug-likeness (QED) is 0.128. The molecule has 8 heteroatoms. The molecule has 0 aromatic heterocycles. The number of fused-ring (bicyclic) bond motifs is 1. The van der Waals surface area contributed by atoms with Gasteiger partial charge in [0.05, 0.1) is 24.5 Å². The monoisotopic (exact) mass is 645 g/mol. The van der Waals surface area contributed by atoms with Crippen LogP contribution in [0.2, 0.25) is 0 Å². The smallest absolute Gasteiger partial charge is 0.308 e. The number of carbonyl (C=O) groups is 2. The van der Waals surface area contributed by atoms with E-state index < -0.39 is 0 Å². The molecular weight excluding hydrogens is 582 g/mol. The van der Waals surface area contributed by atoms with Gasteiger partial charge in [-0.1, -0.05) is 59.3 Å². The van der Waals surface area contributed by atoms with Crippen molar-refractivity contribution >= 4 is 11.9 Å². The number of amides is 1. The minimum absolute atomic E-state index is 0.0186. The first-order valence-electron chi connectivity index (χ1n) is 18.7. The summed E-state index contributed by atoms with van der Waals surface area (Å²) in [4.78, 5) is 26.0. The van der Waals surface area contributed by atoms with Crippen molar-refractivity contribution in [1.82, 2.24) is 5.32 Å². The average molecular weight is 646 g/mol. The first-order valence-corrected chi connectivity index (χ1v) is 18.7. The molecule has 262 valence electrons. The molecular formula is C38H63NO7. The maximum Gasteiger partial charge on any atom is 0.308 e. The van der Waals surface area contributed by atoms with Gasteiger partial charge in [-0.25, -0.2) is 0 Å². The fourth-order valence-corrected chi connectivity index (χ4v) is 7.50. The van der Waals surface area contributed by atoms with E-state index in [1.54, 1.807) is 0 Å². The summed E-state index contributed by atoms with van der Waals surface area (Å²) in [5.74, 6) is 1.03. The Morgan fingerprint density at radius 1 is 1.00 bits per heavy atom. The van der Waals surface area contributed by atoms with Crippen molar-refractivity contribution in [3.63, 3.8) is 0 Å². The normalized spacial score (nSPS) is 31.7. The maximum atomic E-state index is 13.0. The summed E-state index contributed by atoms with van der Waals surface area (Å²) in [5, 5.41) is 3.08. The lowest BCUT2D eigenvalue weighted by Gasteiger charge is -2.43. The highest BCUT2D eigenvalue weighted by atomic mass is 16.7. The molecule has 1 amide bonds. The predicted molar refractivity (Wildman–Crippen MR) is 180 cm³/mol. The van der Waals surface area contributed by atoms with E-state index in [1.807, 2.05) is 13.8 Å². The van der Waals surface area contributed by atoms with E-state index in [0.717, 1.165) is 83.7 Å². The Morgan fingerprint density at radius 2 is 1.70 bits per heavy atom. The molecule has 10 atom stereocenters. The number of carbonyl (C=O) groups excluding carboxylic acids is 2. The van der Waals surface area contributed by atoms with Crippen LogP contribution < -0.4 is 5.32 Å². The van der Waals surface area contributed by atoms with Gasteiger partial charge in [0.15, 0.2) is 12.6 Å². The number of nitrogens with one attached hydrogen (secondary N) is 1. The minimum Gasteiger partial charge on any atom is -0.461 e. The molecule has 0 bridgehead atoms. The molecule has 0 saturated carbocycles. The van der Waals surface area contributed by atoms with Crippen molar-refractivity contribution in [2.75, 3.05) is 19.8 Å². The number of ether oxygens (including phenoxy) is 5. The van der Waals surface area contributed by atoms with Crippen LogP contribution >= 0.6 is 0 Å². The average Bonchev–Trinajstić information content (AvgIpc) is 3.04. The molecule has 1 N–H and O–H groups in total. The largest absolute Gasteiger partial charge is 0.461 e. The van der Waals surface area contributed by atoms with Crippen molar-refractivity contribution in [1.29, 1.82) is 0 Å².